The quantitative estimate of drug-likeness (QED) is 0.377. The number of nitrogens with zero attached hydrogens (tertiary/aromatic N) is 1. The maximum atomic E-state index is 12.8. The van der Waals surface area contributed by atoms with Gasteiger partial charge in [0.05, 0.1) is 0 Å². The van der Waals surface area contributed by atoms with Crippen molar-refractivity contribution in [3.63, 3.8) is 0 Å². The van der Waals surface area contributed by atoms with E-state index in [2.05, 4.69) is 4.74 Å². The maximum absolute atomic E-state index is 12.8. The SMILES string of the molecule is CC(C)(C)OC(=O)CCC1C(=O)OC(=O)N1C(=O)OCC1c2ccccc2-c2ccccc21. The van der Waals surface area contributed by atoms with E-state index in [1.54, 1.807) is 20.8 Å². The summed E-state index contributed by atoms with van der Waals surface area (Å²) in [6, 6.07) is 14.5. The van der Waals surface area contributed by atoms with Crippen LogP contribution in [-0.2, 0) is 23.8 Å². The molecule has 8 heteroatoms. The highest BCUT2D eigenvalue weighted by atomic mass is 16.6. The van der Waals surface area contributed by atoms with Crippen molar-refractivity contribution in [2.75, 3.05) is 6.61 Å². The number of hydrogen-bond acceptors (Lipinski definition) is 7. The van der Waals surface area contributed by atoms with Crippen LogP contribution in [0.15, 0.2) is 48.5 Å². The van der Waals surface area contributed by atoms with Crippen LogP contribution in [0.3, 0.4) is 0 Å². The van der Waals surface area contributed by atoms with Gasteiger partial charge in [0.25, 0.3) is 0 Å². The van der Waals surface area contributed by atoms with Crippen molar-refractivity contribution in [2.24, 2.45) is 0 Å². The van der Waals surface area contributed by atoms with Crippen molar-refractivity contribution >= 4 is 24.1 Å². The molecular formula is C25H25NO7. The fourth-order valence-electron chi connectivity index (χ4n) is 4.20. The van der Waals surface area contributed by atoms with Gasteiger partial charge in [-0.15, -0.1) is 0 Å². The minimum atomic E-state index is -1.24. The number of amides is 2. The van der Waals surface area contributed by atoms with E-state index in [4.69, 9.17) is 9.47 Å². The van der Waals surface area contributed by atoms with Crippen LogP contribution in [0.5, 0.6) is 0 Å². The van der Waals surface area contributed by atoms with E-state index in [1.807, 2.05) is 48.5 Å². The van der Waals surface area contributed by atoms with Gasteiger partial charge in [0.15, 0.2) is 0 Å². The molecule has 0 aromatic heterocycles. The number of hydrogen-bond donors (Lipinski definition) is 0. The predicted molar refractivity (Wildman–Crippen MR) is 117 cm³/mol. The Bertz CT molecular complexity index is 1070. The lowest BCUT2D eigenvalue weighted by Gasteiger charge is -2.21. The fourth-order valence-corrected chi connectivity index (χ4v) is 4.20. The number of ether oxygens (including phenoxy) is 3. The van der Waals surface area contributed by atoms with Gasteiger partial charge >= 0.3 is 24.1 Å². The Morgan fingerprint density at radius 3 is 2.12 bits per heavy atom. The zero-order valence-electron chi connectivity index (χ0n) is 18.7. The number of cyclic esters (lactones) is 2. The second-order valence-electron chi connectivity index (χ2n) is 9.00. The molecule has 0 saturated carbocycles. The number of benzene rings is 2. The first-order chi connectivity index (χ1) is 15.7. The minimum absolute atomic E-state index is 0.0103. The van der Waals surface area contributed by atoms with Crippen LogP contribution in [0.25, 0.3) is 11.1 Å². The third kappa shape index (κ3) is 4.60. The van der Waals surface area contributed by atoms with Gasteiger partial charge in [0, 0.05) is 12.3 Å². The van der Waals surface area contributed by atoms with Crippen LogP contribution in [0.4, 0.5) is 9.59 Å². The van der Waals surface area contributed by atoms with Crippen molar-refractivity contribution in [3.8, 4) is 11.1 Å². The van der Waals surface area contributed by atoms with Gasteiger partial charge < -0.3 is 14.2 Å². The molecule has 0 radical (unpaired) electrons. The van der Waals surface area contributed by atoms with Crippen LogP contribution in [-0.4, -0.2) is 47.3 Å². The molecule has 172 valence electrons. The molecule has 4 rings (SSSR count). The molecular weight excluding hydrogens is 426 g/mol. The summed E-state index contributed by atoms with van der Waals surface area (Å²) in [5, 5.41) is 0. The number of esters is 2. The van der Waals surface area contributed by atoms with Crippen molar-refractivity contribution in [1.29, 1.82) is 0 Å². The molecule has 1 aliphatic carbocycles. The number of carbonyl (C=O) groups excluding carboxylic acids is 4. The van der Waals surface area contributed by atoms with Crippen molar-refractivity contribution in [1.82, 2.24) is 4.90 Å². The highest BCUT2D eigenvalue weighted by molar-refractivity contribution is 6.04. The molecule has 0 N–H and O–H groups in total. The third-order valence-corrected chi connectivity index (χ3v) is 5.54. The molecule has 8 nitrogen and oxygen atoms in total. The van der Waals surface area contributed by atoms with Gasteiger partial charge in [-0.2, -0.15) is 4.90 Å². The number of rotatable bonds is 5. The zero-order chi connectivity index (χ0) is 23.8. The summed E-state index contributed by atoms with van der Waals surface area (Å²) >= 11 is 0. The number of fused-ring (bicyclic) bond motifs is 3. The molecule has 2 aromatic rings. The highest BCUT2D eigenvalue weighted by Gasteiger charge is 2.46. The van der Waals surface area contributed by atoms with E-state index in [1.165, 1.54) is 0 Å². The average molecular weight is 451 g/mol. The molecule has 33 heavy (non-hydrogen) atoms. The van der Waals surface area contributed by atoms with Gasteiger partial charge in [-0.1, -0.05) is 48.5 Å². The standard InChI is InChI=1S/C25H25NO7/c1-25(2,3)33-21(27)13-12-20-22(28)32-24(30)26(20)23(29)31-14-19-17-10-6-4-8-15(17)16-9-5-7-11-18(16)19/h4-11,19-20H,12-14H2,1-3H3. The fraction of sp³-hybridized carbons (Fsp3) is 0.360. The second kappa shape index (κ2) is 8.69. The summed E-state index contributed by atoms with van der Waals surface area (Å²) < 4.78 is 15.3. The Hall–Kier alpha value is -3.68. The molecule has 2 aliphatic rings. The molecule has 1 unspecified atom stereocenters. The molecule has 2 amide bonds. The Balaban J connectivity index is 1.45. The molecule has 1 atom stereocenters. The Morgan fingerprint density at radius 1 is 0.970 bits per heavy atom. The van der Waals surface area contributed by atoms with Gasteiger partial charge in [-0.05, 0) is 49.4 Å². The summed E-state index contributed by atoms with van der Waals surface area (Å²) in [4.78, 5) is 49.8. The highest BCUT2D eigenvalue weighted by Crippen LogP contribution is 2.44. The number of imide groups is 1. The lowest BCUT2D eigenvalue weighted by molar-refractivity contribution is -0.155. The Morgan fingerprint density at radius 2 is 1.55 bits per heavy atom. The predicted octanol–water partition coefficient (Wildman–Crippen LogP) is 4.40. The zero-order valence-corrected chi connectivity index (χ0v) is 18.7. The summed E-state index contributed by atoms with van der Waals surface area (Å²) in [5.74, 6) is -1.63. The topological polar surface area (TPSA) is 99.2 Å². The summed E-state index contributed by atoms with van der Waals surface area (Å²) in [6.45, 7) is 5.16. The van der Waals surface area contributed by atoms with Crippen molar-refractivity contribution in [3.05, 3.63) is 59.7 Å². The minimum Gasteiger partial charge on any atom is -0.460 e. The van der Waals surface area contributed by atoms with E-state index in [9.17, 15) is 19.2 Å². The summed E-state index contributed by atoms with van der Waals surface area (Å²) in [7, 11) is 0. The molecule has 0 spiro atoms. The van der Waals surface area contributed by atoms with E-state index in [-0.39, 0.29) is 25.4 Å². The normalized spacial score (nSPS) is 17.4. The first-order valence-electron chi connectivity index (χ1n) is 10.8. The Kier molecular flexibility index (Phi) is 5.93. The smallest absolute Gasteiger partial charge is 0.427 e. The Labute approximate surface area is 191 Å². The molecule has 1 fully saturated rings. The summed E-state index contributed by atoms with van der Waals surface area (Å²) in [5.41, 5.74) is 3.50. The molecule has 1 saturated heterocycles. The monoisotopic (exact) mass is 451 g/mol. The van der Waals surface area contributed by atoms with Gasteiger partial charge in [-0.3, -0.25) is 4.79 Å². The van der Waals surface area contributed by atoms with Crippen molar-refractivity contribution < 1.29 is 33.4 Å². The maximum Gasteiger partial charge on any atom is 0.427 e. The third-order valence-electron chi connectivity index (χ3n) is 5.54. The van der Waals surface area contributed by atoms with Gasteiger partial charge in [-0.25, -0.2) is 14.4 Å². The van der Waals surface area contributed by atoms with Crippen LogP contribution >= 0.6 is 0 Å². The average Bonchev–Trinajstić information content (AvgIpc) is 3.22. The van der Waals surface area contributed by atoms with Crippen LogP contribution in [0.2, 0.25) is 0 Å². The second-order valence-corrected chi connectivity index (χ2v) is 9.00. The molecule has 1 aliphatic heterocycles. The van der Waals surface area contributed by atoms with E-state index in [0.717, 1.165) is 22.3 Å². The van der Waals surface area contributed by atoms with Gasteiger partial charge in [0.1, 0.15) is 18.2 Å². The van der Waals surface area contributed by atoms with Crippen LogP contribution < -0.4 is 0 Å². The largest absolute Gasteiger partial charge is 0.460 e. The van der Waals surface area contributed by atoms with E-state index < -0.39 is 35.8 Å². The molecule has 1 heterocycles. The first kappa shape index (κ1) is 22.5. The molecule has 2 aromatic carbocycles. The lowest BCUT2D eigenvalue weighted by Crippen LogP contribution is -2.41. The number of carbonyl (C=O) groups is 4. The van der Waals surface area contributed by atoms with E-state index >= 15 is 0 Å². The van der Waals surface area contributed by atoms with Crippen LogP contribution in [0, 0.1) is 0 Å². The van der Waals surface area contributed by atoms with Crippen LogP contribution in [0.1, 0.15) is 50.7 Å². The van der Waals surface area contributed by atoms with Crippen molar-refractivity contribution in [2.45, 2.75) is 51.2 Å². The first-order valence-corrected chi connectivity index (χ1v) is 10.8. The summed E-state index contributed by atoms with van der Waals surface area (Å²) in [6.07, 6.45) is -2.35. The molecule has 0 bridgehead atoms. The van der Waals surface area contributed by atoms with Gasteiger partial charge in [0.2, 0.25) is 0 Å². The van der Waals surface area contributed by atoms with E-state index in [0.29, 0.717) is 4.90 Å². The lowest BCUT2D eigenvalue weighted by atomic mass is 9.98.